The molecule has 5 fully saturated rings. The number of nitrogens with zero attached hydrogens (tertiary/aromatic N) is 19. The fraction of sp³-hybridized carbons (Fsp3) is 0.519. The van der Waals surface area contributed by atoms with E-state index in [2.05, 4.69) is 104 Å². The predicted molar refractivity (Wildman–Crippen MR) is 563 cm³/mol. The van der Waals surface area contributed by atoms with Gasteiger partial charge in [0.2, 0.25) is 41.5 Å². The van der Waals surface area contributed by atoms with Crippen molar-refractivity contribution in [3.05, 3.63) is 144 Å². The van der Waals surface area contributed by atoms with Gasteiger partial charge < -0.3 is 110 Å². The lowest BCUT2D eigenvalue weighted by Crippen LogP contribution is -2.45. The van der Waals surface area contributed by atoms with Crippen LogP contribution in [0.25, 0.3) is 0 Å². The highest BCUT2D eigenvalue weighted by Crippen LogP contribution is 2.47. The van der Waals surface area contributed by atoms with Crippen molar-refractivity contribution < 1.29 is 57.3 Å². The van der Waals surface area contributed by atoms with Gasteiger partial charge in [-0.25, -0.2) is 24.9 Å². The molecule has 5 aromatic heterocycles. The topological polar surface area (TPSA) is 420 Å². The zero-order chi connectivity index (χ0) is 104. The summed E-state index contributed by atoms with van der Waals surface area (Å²) in [4.78, 5) is 163. The fourth-order valence-corrected chi connectivity index (χ4v) is 20.3. The largest absolute Gasteiger partial charge is 0.495 e. The molecule has 774 valence electrons. The van der Waals surface area contributed by atoms with Crippen molar-refractivity contribution in [1.82, 2.24) is 80.5 Å². The van der Waals surface area contributed by atoms with Crippen LogP contribution in [0.4, 0.5) is 86.9 Å². The number of aromatic nitrogens is 10. The Kier molecular flexibility index (Phi) is 33.0. The molecule has 7 amide bonds. The average molecular weight is 1990 g/mol. The van der Waals surface area contributed by atoms with Crippen LogP contribution in [0, 0.1) is 21.7 Å². The molecule has 0 atom stereocenters. The minimum Gasteiger partial charge on any atom is -0.495 e. The van der Waals surface area contributed by atoms with Gasteiger partial charge in [0.1, 0.15) is 51.7 Å². The number of piperazine rings is 1. The molecule has 145 heavy (non-hydrogen) atoms. The van der Waals surface area contributed by atoms with E-state index in [0.717, 1.165) is 131 Å². The zero-order valence-corrected chi connectivity index (χ0v) is 87.4. The van der Waals surface area contributed by atoms with Gasteiger partial charge in [-0.05, 0) is 186 Å². The molecule has 4 saturated carbocycles. The van der Waals surface area contributed by atoms with Crippen LogP contribution < -0.4 is 95.8 Å². The van der Waals surface area contributed by atoms with Gasteiger partial charge in [0.25, 0.3) is 23.6 Å². The molecule has 39 heteroatoms. The number of likely N-dealkylation sites (N-methyl/N-ethyl adjacent to an activating group) is 1. The number of aryl methyl sites for hydroxylation is 1. The molecular formula is C106H143N27O12. The Bertz CT molecular complexity index is 6200. The third kappa shape index (κ3) is 24.4. The summed E-state index contributed by atoms with van der Waals surface area (Å²) in [7, 11) is 18.9. The number of benzene rings is 4. The number of rotatable bonds is 27. The van der Waals surface area contributed by atoms with Crippen molar-refractivity contribution in [2.45, 2.75) is 189 Å². The van der Waals surface area contributed by atoms with E-state index in [1.807, 2.05) is 73.1 Å². The Morgan fingerprint density at radius 2 is 0.717 bits per heavy atom. The van der Waals surface area contributed by atoms with Crippen LogP contribution >= 0.6 is 0 Å². The SMILES string of the molecule is CNC(=O)c1ccc(Nc2ncc3c(n2)N(C2CC2)CC(C)(C)C(=O)N3C)c(OC)c1.CNC(=O)c1ccc(Nc2ncc3c(n2)N(C2CCCC2)CC(C)(C)C(=O)C3)c(OC)c1.COc1cc(C(=O)NCCCN2CCN(C)CC2)ccc1Nc1ncc2c(n1)N(C1CCCC1)CC(C)(C)C(=O)N2C.COc1cc(C(=O)NCCc2cncn2C)ccc1Nc1ncc2c(n1)N(C1CCCC1)CC(C)(C)C(=O)N2C. The Labute approximate surface area is 849 Å². The van der Waals surface area contributed by atoms with Crippen molar-refractivity contribution in [3.8, 4) is 23.0 Å². The Hall–Kier alpha value is -14.1. The number of fused-ring (bicyclic) bond motifs is 4. The number of nitrogens with one attached hydrogen (secondary N) is 8. The lowest BCUT2D eigenvalue weighted by atomic mass is 9.86. The van der Waals surface area contributed by atoms with Gasteiger partial charge >= 0.3 is 0 Å². The summed E-state index contributed by atoms with van der Waals surface area (Å²) < 4.78 is 24.1. The van der Waals surface area contributed by atoms with Gasteiger partial charge in [0.05, 0.1) is 92.4 Å². The number of hydrogen-bond acceptors (Lipinski definition) is 31. The summed E-state index contributed by atoms with van der Waals surface area (Å²) in [6.45, 7) is 24.9. The van der Waals surface area contributed by atoms with Gasteiger partial charge in [0.15, 0.2) is 17.5 Å². The van der Waals surface area contributed by atoms with Gasteiger partial charge in [-0.3, -0.25) is 38.4 Å². The maximum Gasteiger partial charge on any atom is 0.251 e. The minimum absolute atomic E-state index is 0.0488. The Balaban J connectivity index is 0.000000146. The summed E-state index contributed by atoms with van der Waals surface area (Å²) in [5.41, 5.74) is 6.63. The quantitative estimate of drug-likeness (QED) is 0.0222. The van der Waals surface area contributed by atoms with E-state index in [9.17, 15) is 38.4 Å². The van der Waals surface area contributed by atoms with Crippen molar-refractivity contribution in [2.24, 2.45) is 28.7 Å². The molecule has 0 bridgehead atoms. The molecule has 4 aromatic carbocycles. The lowest BCUT2D eigenvalue weighted by Gasteiger charge is -2.34. The second-order valence-corrected chi connectivity index (χ2v) is 41.6. The second kappa shape index (κ2) is 45.5. The summed E-state index contributed by atoms with van der Waals surface area (Å²) in [6, 6.07) is 22.3. The summed E-state index contributed by atoms with van der Waals surface area (Å²) in [5, 5.41) is 24.2. The number of imidazole rings is 1. The van der Waals surface area contributed by atoms with Gasteiger partial charge in [0, 0.05) is 196 Å². The molecular weight excluding hydrogens is 1840 g/mol. The average Bonchev–Trinajstić information content (AvgIpc) is 1.63. The maximum absolute atomic E-state index is 13.3. The van der Waals surface area contributed by atoms with Crippen LogP contribution in [0.5, 0.6) is 23.0 Å². The lowest BCUT2D eigenvalue weighted by molar-refractivity contribution is -0.126. The van der Waals surface area contributed by atoms with Crippen molar-refractivity contribution in [3.63, 3.8) is 0 Å². The number of amides is 7. The van der Waals surface area contributed by atoms with E-state index in [0.29, 0.717) is 179 Å². The van der Waals surface area contributed by atoms with E-state index < -0.39 is 21.7 Å². The first-order chi connectivity index (χ1) is 69.4. The van der Waals surface area contributed by atoms with Crippen LogP contribution in [-0.2, 0) is 39.1 Å². The maximum atomic E-state index is 13.3. The molecule has 8 N–H and O–H groups in total. The number of hydrogen-bond donors (Lipinski definition) is 8. The Morgan fingerprint density at radius 3 is 1.06 bits per heavy atom. The normalized spacial score (nSPS) is 18.2. The monoisotopic (exact) mass is 1990 g/mol. The Morgan fingerprint density at radius 1 is 0.393 bits per heavy atom. The van der Waals surface area contributed by atoms with Crippen molar-refractivity contribution >= 4 is 134 Å². The molecule has 10 heterocycles. The highest BCUT2D eigenvalue weighted by atomic mass is 16.5. The molecule has 18 rings (SSSR count). The number of ketones is 1. The first kappa shape index (κ1) is 105. The smallest absolute Gasteiger partial charge is 0.251 e. The van der Waals surface area contributed by atoms with Crippen molar-refractivity contribution in [2.75, 3.05) is 198 Å². The van der Waals surface area contributed by atoms with Crippen LogP contribution in [0.15, 0.2) is 110 Å². The van der Waals surface area contributed by atoms with Crippen LogP contribution in [0.3, 0.4) is 0 Å². The predicted octanol–water partition coefficient (Wildman–Crippen LogP) is 13.1. The first-order valence-corrected chi connectivity index (χ1v) is 50.5. The van der Waals surface area contributed by atoms with E-state index in [4.69, 9.17) is 38.9 Å². The molecule has 4 aliphatic carbocycles. The van der Waals surface area contributed by atoms with E-state index in [-0.39, 0.29) is 47.1 Å². The first-order valence-electron chi connectivity index (χ1n) is 50.5. The number of anilines is 15. The summed E-state index contributed by atoms with van der Waals surface area (Å²) >= 11 is 0. The van der Waals surface area contributed by atoms with Gasteiger partial charge in [-0.1, -0.05) is 52.4 Å². The number of carbonyl (C=O) groups is 8. The highest BCUT2D eigenvalue weighted by molar-refractivity contribution is 6.04. The standard InChI is InChI=1S/C31H46N8O3.C29H38N8O3.C24H31N5O3.C22H28N6O3/c1-31(2)21-39(23-9-6-7-10-23)27-25(37(4)29(31)41)20-33-30(35-27)34-24-12-11-22(19-26(24)42-5)28(40)32-13-8-14-38-17-15-36(3)16-18-38;1-29(2)17-37(20-8-6-7-9-20)25-23(36(4)27(29)39)16-32-28(34-25)33-22-11-10-19(14-24(22)40-5)26(38)31-13-12-21-15-30-18-35(21)3;1-24(2)14-29(17-7-5-6-8-17)21-16(12-20(24)30)13-26-23(28-21)27-18-10-9-15(22(31)25-3)11-19(18)32-4;1-22(2)12-28(14-7-8-14)18-16(27(4)20(22)30)11-24-21(26-18)25-15-9-6-13(19(29)23-3)10-17(15)31-5/h11-12,19-20,23H,6-10,13-18,21H2,1-5H3,(H,32,40)(H,33,34,35);10-11,14-16,18,20H,6-9,12-13,17H2,1-5H3,(H,31,38)(H,32,33,34);9-11,13,17H,5-8,12,14H2,1-4H3,(H,25,31)(H,26,27,28);6,9-11,14H,7-8,12H2,1-5H3,(H,23,29)(H,24,25,26). The number of Topliss-reactive ketones (excluding diaryl/α,β-unsaturated/α-hetero) is 1. The number of ether oxygens (including phenoxy) is 4. The second-order valence-electron chi connectivity index (χ2n) is 41.6. The van der Waals surface area contributed by atoms with E-state index in [1.54, 1.807) is 182 Å². The van der Waals surface area contributed by atoms with Crippen molar-refractivity contribution in [1.29, 1.82) is 0 Å². The number of carbonyl (C=O) groups excluding carboxylic acids is 8. The van der Waals surface area contributed by atoms with Gasteiger partial charge in [-0.15, -0.1) is 0 Å². The molecule has 0 unspecified atom stereocenters. The fourth-order valence-electron chi connectivity index (χ4n) is 20.3. The van der Waals surface area contributed by atoms with E-state index >= 15 is 0 Å². The molecule has 9 aromatic rings. The highest BCUT2D eigenvalue weighted by Gasteiger charge is 2.47. The molecule has 1 saturated heterocycles. The molecule has 39 nitrogen and oxygen atoms in total. The summed E-state index contributed by atoms with van der Waals surface area (Å²) in [5.74, 6) is 6.51. The van der Waals surface area contributed by atoms with Crippen LogP contribution in [-0.4, -0.2) is 273 Å². The molecule has 0 spiro atoms. The number of methoxy groups -OCH3 is 4. The molecule has 0 radical (unpaired) electrons. The third-order valence-corrected chi connectivity index (χ3v) is 29.0. The summed E-state index contributed by atoms with van der Waals surface area (Å²) in [6.07, 6.45) is 28.3. The van der Waals surface area contributed by atoms with E-state index in [1.165, 1.54) is 38.5 Å². The van der Waals surface area contributed by atoms with Crippen LogP contribution in [0.1, 0.15) is 204 Å². The van der Waals surface area contributed by atoms with Crippen LogP contribution in [0.2, 0.25) is 0 Å². The molecule has 9 aliphatic rings. The van der Waals surface area contributed by atoms with Gasteiger partial charge in [-0.2, -0.15) is 19.9 Å². The third-order valence-electron chi connectivity index (χ3n) is 29.0. The minimum atomic E-state index is -0.553. The zero-order valence-electron chi connectivity index (χ0n) is 87.4. The molecule has 5 aliphatic heterocycles.